The van der Waals surface area contributed by atoms with Gasteiger partial charge in [0.15, 0.2) is 8.32 Å². The summed E-state index contributed by atoms with van der Waals surface area (Å²) in [5.41, 5.74) is 4.29. The summed E-state index contributed by atoms with van der Waals surface area (Å²) in [4.78, 5) is 22.1. The number of aromatic nitrogens is 2. The lowest BCUT2D eigenvalue weighted by Crippen LogP contribution is -2.53. The summed E-state index contributed by atoms with van der Waals surface area (Å²) in [7, 11) is -0.128. The Kier molecular flexibility index (Phi) is 7.19. The smallest absolute Gasteiger partial charge is 0.324 e. The van der Waals surface area contributed by atoms with Gasteiger partial charge in [0.05, 0.1) is 31.2 Å². The lowest BCUT2D eigenvalue weighted by atomic mass is 10.0. The Balaban J connectivity index is 1.61. The summed E-state index contributed by atoms with van der Waals surface area (Å²) in [5, 5.41) is 0.109. The fourth-order valence-corrected chi connectivity index (χ4v) is 5.25. The number of para-hydroxylation sites is 1. The predicted molar refractivity (Wildman–Crippen MR) is 144 cm³/mol. The van der Waals surface area contributed by atoms with Gasteiger partial charge in [0, 0.05) is 31.4 Å². The Morgan fingerprint density at radius 3 is 2.34 bits per heavy atom. The van der Waals surface area contributed by atoms with Crippen molar-refractivity contribution in [2.75, 3.05) is 18.6 Å². The number of hydrogen-bond acceptors (Lipinski definition) is 3. The molecule has 0 aliphatic carbocycles. The van der Waals surface area contributed by atoms with Crippen LogP contribution in [-0.4, -0.2) is 48.5 Å². The molecule has 1 aliphatic rings. The number of imidazole rings is 1. The minimum absolute atomic E-state index is 0.0247. The van der Waals surface area contributed by atoms with Crippen molar-refractivity contribution in [2.24, 2.45) is 0 Å². The van der Waals surface area contributed by atoms with Gasteiger partial charge in [-0.3, -0.25) is 4.90 Å². The molecule has 0 saturated carbocycles. The summed E-state index contributed by atoms with van der Waals surface area (Å²) in [6.07, 6.45) is 2.64. The zero-order chi connectivity index (χ0) is 25.2. The molecule has 0 fully saturated rings. The Morgan fingerprint density at radius 2 is 1.71 bits per heavy atom. The van der Waals surface area contributed by atoms with Gasteiger partial charge in [-0.05, 0) is 35.8 Å². The van der Waals surface area contributed by atoms with Gasteiger partial charge >= 0.3 is 6.03 Å². The van der Waals surface area contributed by atoms with Crippen molar-refractivity contribution in [3.8, 4) is 0 Å². The summed E-state index contributed by atoms with van der Waals surface area (Å²) in [5.74, 6) is 0. The van der Waals surface area contributed by atoms with Crippen LogP contribution in [0.1, 0.15) is 37.7 Å². The summed E-state index contributed by atoms with van der Waals surface area (Å²) in [6.45, 7) is 13.1. The van der Waals surface area contributed by atoms with Crippen molar-refractivity contribution in [3.63, 3.8) is 0 Å². The van der Waals surface area contributed by atoms with Crippen molar-refractivity contribution in [2.45, 2.75) is 64.5 Å². The molecule has 7 heteroatoms. The van der Waals surface area contributed by atoms with Gasteiger partial charge in [-0.1, -0.05) is 69.3 Å². The Labute approximate surface area is 210 Å². The van der Waals surface area contributed by atoms with E-state index in [0.717, 1.165) is 24.3 Å². The largest absolute Gasteiger partial charge is 0.415 e. The van der Waals surface area contributed by atoms with E-state index >= 15 is 0 Å². The third-order valence-electron chi connectivity index (χ3n) is 7.54. The molecule has 3 aromatic rings. The molecule has 6 nitrogen and oxygen atoms in total. The van der Waals surface area contributed by atoms with Crippen molar-refractivity contribution in [1.29, 1.82) is 0 Å². The van der Waals surface area contributed by atoms with Gasteiger partial charge < -0.3 is 13.9 Å². The Morgan fingerprint density at radius 1 is 1.09 bits per heavy atom. The number of hydrogen-bond donors (Lipinski definition) is 0. The van der Waals surface area contributed by atoms with Gasteiger partial charge in [0.25, 0.3) is 0 Å². The molecule has 1 aliphatic heterocycles. The second-order valence-electron chi connectivity index (χ2n) is 11.0. The normalized spacial score (nSPS) is 16.2. The number of amides is 2. The van der Waals surface area contributed by atoms with Gasteiger partial charge in [0.2, 0.25) is 0 Å². The number of carbonyl (C=O) groups excluding carboxylic acids is 1. The minimum atomic E-state index is -1.97. The van der Waals surface area contributed by atoms with Crippen molar-refractivity contribution < 1.29 is 9.22 Å². The molecule has 0 saturated heterocycles. The molecule has 4 rings (SSSR count). The molecule has 2 heterocycles. The third kappa shape index (κ3) is 5.51. The fraction of sp³-hybridized carbons (Fsp3) is 0.429. The number of urea groups is 1. The molecule has 2 amide bonds. The summed E-state index contributed by atoms with van der Waals surface area (Å²) < 4.78 is 8.87. The first-order chi connectivity index (χ1) is 16.6. The average molecular weight is 491 g/mol. The van der Waals surface area contributed by atoms with Crippen LogP contribution in [0.15, 0.2) is 67.0 Å². The summed E-state index contributed by atoms with van der Waals surface area (Å²) in [6, 6.07) is 20.2. The highest BCUT2D eigenvalue weighted by molar-refractivity contribution is 6.74. The van der Waals surface area contributed by atoms with Crippen LogP contribution in [0, 0.1) is 0 Å². The van der Waals surface area contributed by atoms with E-state index in [1.54, 1.807) is 4.90 Å². The van der Waals surface area contributed by atoms with E-state index in [4.69, 9.17) is 9.41 Å². The molecule has 186 valence electrons. The van der Waals surface area contributed by atoms with E-state index in [0.29, 0.717) is 13.2 Å². The van der Waals surface area contributed by atoms with Crippen LogP contribution in [0.2, 0.25) is 18.1 Å². The van der Waals surface area contributed by atoms with Crippen molar-refractivity contribution >= 4 is 20.0 Å². The molecule has 2 aromatic carbocycles. The zero-order valence-corrected chi connectivity index (χ0v) is 22.9. The van der Waals surface area contributed by atoms with Crippen LogP contribution in [0.4, 0.5) is 10.5 Å². The predicted octanol–water partition coefficient (Wildman–Crippen LogP) is 5.94. The highest BCUT2D eigenvalue weighted by Gasteiger charge is 2.40. The van der Waals surface area contributed by atoms with Gasteiger partial charge in [-0.25, -0.2) is 9.78 Å². The highest BCUT2D eigenvalue weighted by atomic mass is 28.4. The number of fused-ring (bicyclic) bond motifs is 1. The lowest BCUT2D eigenvalue weighted by molar-refractivity contribution is 0.126. The maximum Gasteiger partial charge on any atom is 0.324 e. The van der Waals surface area contributed by atoms with Crippen LogP contribution in [0.3, 0.4) is 0 Å². The number of anilines is 1. The SMILES string of the molecule is CN(C(=O)N1Cc2ncn(Cc3ccccc3)c2CC1CO[Si](C)(C)C(C)(C)C)c1ccccc1. The van der Waals surface area contributed by atoms with Gasteiger partial charge in [-0.15, -0.1) is 0 Å². The maximum absolute atomic E-state index is 13.7. The first-order valence-corrected chi connectivity index (χ1v) is 15.3. The molecule has 35 heavy (non-hydrogen) atoms. The van der Waals surface area contributed by atoms with E-state index < -0.39 is 8.32 Å². The molecular formula is C28H38N4O2Si. The molecule has 1 unspecified atom stereocenters. The number of carbonyl (C=O) groups is 1. The first kappa shape index (κ1) is 25.2. The van der Waals surface area contributed by atoms with E-state index in [9.17, 15) is 4.79 Å². The quantitative estimate of drug-likeness (QED) is 0.402. The molecule has 0 bridgehead atoms. The second-order valence-corrected chi connectivity index (χ2v) is 15.8. The Hall–Kier alpha value is -2.90. The van der Waals surface area contributed by atoms with E-state index in [1.807, 2.05) is 54.7 Å². The van der Waals surface area contributed by atoms with Crippen LogP contribution in [0.25, 0.3) is 0 Å². The molecular weight excluding hydrogens is 452 g/mol. The number of nitrogens with zero attached hydrogens (tertiary/aromatic N) is 4. The topological polar surface area (TPSA) is 50.6 Å². The van der Waals surface area contributed by atoms with Crippen LogP contribution in [-0.2, 0) is 23.9 Å². The van der Waals surface area contributed by atoms with E-state index in [2.05, 4.69) is 62.7 Å². The van der Waals surface area contributed by atoms with Crippen LogP contribution < -0.4 is 4.90 Å². The lowest BCUT2D eigenvalue weighted by Gasteiger charge is -2.41. The van der Waals surface area contributed by atoms with E-state index in [-0.39, 0.29) is 17.1 Å². The van der Waals surface area contributed by atoms with E-state index in [1.165, 1.54) is 11.3 Å². The molecule has 0 radical (unpaired) electrons. The van der Waals surface area contributed by atoms with Crippen molar-refractivity contribution in [3.05, 3.63) is 83.9 Å². The standard InChI is InChI=1S/C28H38N4O2Si/c1-28(2,3)35(5,6)34-20-24-17-26-25(29-21-31(26)18-22-13-9-7-10-14-22)19-32(24)27(33)30(4)23-15-11-8-12-16-23/h7-16,21,24H,17-20H2,1-6H3. The van der Waals surface area contributed by atoms with Gasteiger partial charge in [0.1, 0.15) is 0 Å². The zero-order valence-electron chi connectivity index (χ0n) is 21.9. The average Bonchev–Trinajstić information content (AvgIpc) is 3.23. The van der Waals surface area contributed by atoms with Crippen LogP contribution in [0.5, 0.6) is 0 Å². The molecule has 0 spiro atoms. The monoisotopic (exact) mass is 490 g/mol. The van der Waals surface area contributed by atoms with Crippen LogP contribution >= 0.6 is 0 Å². The molecule has 0 N–H and O–H groups in total. The summed E-state index contributed by atoms with van der Waals surface area (Å²) >= 11 is 0. The Bertz CT molecular complexity index is 1140. The fourth-order valence-electron chi connectivity index (χ4n) is 4.21. The highest BCUT2D eigenvalue weighted by Crippen LogP contribution is 2.37. The number of benzene rings is 2. The maximum atomic E-state index is 13.7. The molecule has 1 atom stereocenters. The third-order valence-corrected chi connectivity index (χ3v) is 12.0. The minimum Gasteiger partial charge on any atom is -0.415 e. The number of rotatable bonds is 6. The molecule has 1 aromatic heterocycles. The van der Waals surface area contributed by atoms with Gasteiger partial charge in [-0.2, -0.15) is 0 Å². The second kappa shape index (κ2) is 9.99. The first-order valence-electron chi connectivity index (χ1n) is 12.4. The van der Waals surface area contributed by atoms with Crippen molar-refractivity contribution in [1.82, 2.24) is 14.5 Å².